The molecule has 10 nitrogen and oxygen atoms in total. The van der Waals surface area contributed by atoms with E-state index in [0.29, 0.717) is 5.75 Å². The predicted molar refractivity (Wildman–Crippen MR) is 65.9 cm³/mol. The van der Waals surface area contributed by atoms with Crippen molar-refractivity contribution in [3.63, 3.8) is 0 Å². The summed E-state index contributed by atoms with van der Waals surface area (Å²) in [4.78, 5) is 35.8. The fourth-order valence-corrected chi connectivity index (χ4v) is 3.34. The molecule has 1 aromatic heterocycles. The average Bonchev–Trinajstić information content (AvgIpc) is 2.96. The quantitative estimate of drug-likeness (QED) is 0.425. The maximum atomic E-state index is 12.0. The Morgan fingerprint density at radius 2 is 2.27 bits per heavy atom. The van der Waals surface area contributed by atoms with Gasteiger partial charge < -0.3 is 15.2 Å². The third-order valence-corrected chi connectivity index (χ3v) is 4.25. The zero-order valence-electron chi connectivity index (χ0n) is 11.5. The Morgan fingerprint density at radius 3 is 2.91 bits per heavy atom. The van der Waals surface area contributed by atoms with Crippen LogP contribution < -0.4 is 40.0 Å². The molecule has 2 amide bonds. The summed E-state index contributed by atoms with van der Waals surface area (Å²) < 4.78 is 1.22. The Kier molecular flexibility index (Phi) is 5.21. The van der Waals surface area contributed by atoms with Crippen LogP contribution in [0.15, 0.2) is 18.1 Å². The Balaban J connectivity index is 0.00000176. The van der Waals surface area contributed by atoms with Gasteiger partial charge in [-0.2, -0.15) is 0 Å². The van der Waals surface area contributed by atoms with Gasteiger partial charge in [-0.15, -0.1) is 16.9 Å². The van der Waals surface area contributed by atoms with Crippen molar-refractivity contribution in [2.45, 2.75) is 18.0 Å². The molecule has 1 N–H and O–H groups in total. The Labute approximate surface area is 150 Å². The largest absolute Gasteiger partial charge is 1.00 e. The first kappa shape index (κ1) is 16.9. The molecule has 1 fully saturated rings. The van der Waals surface area contributed by atoms with E-state index in [1.807, 2.05) is 0 Å². The van der Waals surface area contributed by atoms with Crippen LogP contribution in [0.5, 0.6) is 0 Å². The van der Waals surface area contributed by atoms with E-state index >= 15 is 0 Å². The number of rotatable bonds is 4. The first-order valence-corrected chi connectivity index (χ1v) is 6.99. The molecule has 1 saturated heterocycles. The number of carboxylic acid groups (broad SMARTS) is 1. The molecule has 12 heteroatoms. The second-order valence-corrected chi connectivity index (χ2v) is 5.51. The Bertz CT molecular complexity index is 635. The van der Waals surface area contributed by atoms with Crippen LogP contribution in [0.3, 0.4) is 0 Å². The number of aliphatic carboxylic acids is 1. The van der Waals surface area contributed by atoms with Crippen LogP contribution in [0.1, 0.15) is 0 Å². The van der Waals surface area contributed by atoms with Crippen LogP contribution in [0.4, 0.5) is 0 Å². The summed E-state index contributed by atoms with van der Waals surface area (Å²) in [7, 11) is 0. The number of thioether (sulfide) groups is 1. The van der Waals surface area contributed by atoms with E-state index in [1.165, 1.54) is 28.8 Å². The molecular weight excluding hydrogens is 323 g/mol. The number of hydrogen-bond donors (Lipinski definition) is 1. The number of carboxylic acids is 1. The molecule has 2 unspecified atom stereocenters. The maximum Gasteiger partial charge on any atom is 1.00 e. The van der Waals surface area contributed by atoms with Gasteiger partial charge in [0, 0.05) is 5.75 Å². The van der Waals surface area contributed by atoms with E-state index < -0.39 is 29.2 Å². The molecule has 2 aliphatic rings. The third kappa shape index (κ3) is 3.02. The molecule has 2 aliphatic heterocycles. The number of nitrogens with one attached hydrogen (secondary N) is 1. The molecule has 0 bridgehead atoms. The van der Waals surface area contributed by atoms with E-state index in [4.69, 9.17) is 0 Å². The van der Waals surface area contributed by atoms with Crippen molar-refractivity contribution in [3.05, 3.63) is 18.1 Å². The normalized spacial score (nSPS) is 22.8. The van der Waals surface area contributed by atoms with Crippen molar-refractivity contribution < 1.29 is 49.0 Å². The summed E-state index contributed by atoms with van der Waals surface area (Å²) in [6.45, 7) is -0.114. The maximum absolute atomic E-state index is 12.0. The minimum Gasteiger partial charge on any atom is -0.543 e. The molecule has 3 heterocycles. The molecule has 1 aromatic rings. The zero-order chi connectivity index (χ0) is 15.0. The van der Waals surface area contributed by atoms with Gasteiger partial charge in [0.2, 0.25) is 5.91 Å². The molecule has 2 atom stereocenters. The van der Waals surface area contributed by atoms with Crippen LogP contribution >= 0.6 is 11.8 Å². The van der Waals surface area contributed by atoms with Crippen LogP contribution in [0.2, 0.25) is 0 Å². The van der Waals surface area contributed by atoms with Crippen molar-refractivity contribution in [1.29, 1.82) is 0 Å². The van der Waals surface area contributed by atoms with Crippen molar-refractivity contribution in [2.75, 3.05) is 5.75 Å². The number of hydrogen-bond acceptors (Lipinski definition) is 8. The fraction of sp³-hybridized carbons (Fsp3) is 0.400. The molecule has 0 spiro atoms. The smallest absolute Gasteiger partial charge is 0.543 e. The van der Waals surface area contributed by atoms with Gasteiger partial charge in [-0.25, -0.2) is 4.68 Å². The molecular formula is C10H9N6NaO4S. The molecule has 0 aromatic carbocycles. The topological polar surface area (TPSA) is 133 Å². The van der Waals surface area contributed by atoms with Gasteiger partial charge in [0.05, 0.1) is 11.7 Å². The first-order valence-electron chi connectivity index (χ1n) is 5.94. The summed E-state index contributed by atoms with van der Waals surface area (Å²) in [6, 6.07) is -0.748. The standard InChI is InChI=1S/C10H10N6O4S.Na/c17-6(3-15-4-11-13-14-15)12-7-8(18)16-5(10(19)20)1-2-21-9(7)16;/h1,4,7,9H,2-3H2,(H,12,17)(H,19,20);/q;+1/p-1. The number of β-lactam (4-membered cyclic amide) rings is 1. The van der Waals surface area contributed by atoms with Crippen LogP contribution in [-0.2, 0) is 20.9 Å². The van der Waals surface area contributed by atoms with Crippen LogP contribution in [-0.4, -0.2) is 60.1 Å². The van der Waals surface area contributed by atoms with Crippen molar-refractivity contribution >= 4 is 29.5 Å². The summed E-state index contributed by atoms with van der Waals surface area (Å²) >= 11 is 1.37. The molecule has 0 radical (unpaired) electrons. The van der Waals surface area contributed by atoms with Gasteiger partial charge in [-0.3, -0.25) is 14.5 Å². The molecule has 3 rings (SSSR count). The Hall–Kier alpha value is -1.43. The molecule has 0 aliphatic carbocycles. The van der Waals surface area contributed by atoms with Gasteiger partial charge >= 0.3 is 29.6 Å². The summed E-state index contributed by atoms with van der Waals surface area (Å²) in [6.07, 6.45) is 2.70. The van der Waals surface area contributed by atoms with Gasteiger partial charge in [0.25, 0.3) is 5.91 Å². The van der Waals surface area contributed by atoms with E-state index in [-0.39, 0.29) is 41.8 Å². The van der Waals surface area contributed by atoms with Crippen LogP contribution in [0, 0.1) is 0 Å². The number of carbonyl (C=O) groups is 3. The van der Waals surface area contributed by atoms with E-state index in [2.05, 4.69) is 20.8 Å². The van der Waals surface area contributed by atoms with Gasteiger partial charge in [0.1, 0.15) is 24.3 Å². The van der Waals surface area contributed by atoms with Crippen molar-refractivity contribution in [1.82, 2.24) is 30.4 Å². The molecule has 0 saturated carbocycles. The fourth-order valence-electron chi connectivity index (χ4n) is 2.15. The number of carbonyl (C=O) groups excluding carboxylic acids is 3. The van der Waals surface area contributed by atoms with Gasteiger partial charge in [-0.1, -0.05) is 0 Å². The monoisotopic (exact) mass is 332 g/mol. The predicted octanol–water partition coefficient (Wildman–Crippen LogP) is -6.29. The molecule has 110 valence electrons. The second kappa shape index (κ2) is 6.77. The number of fused-ring (bicyclic) bond motifs is 1. The van der Waals surface area contributed by atoms with Gasteiger partial charge in [0.15, 0.2) is 0 Å². The SMILES string of the molecule is O=C(Cn1cnnn1)NC1C(=O)N2C(C(=O)[O-])=CCSC12.[Na+]. The van der Waals surface area contributed by atoms with E-state index in [0.717, 1.165) is 4.90 Å². The van der Waals surface area contributed by atoms with Crippen LogP contribution in [0.25, 0.3) is 0 Å². The summed E-state index contributed by atoms with van der Waals surface area (Å²) in [5, 5.41) is 23.4. The number of amides is 2. The molecule has 22 heavy (non-hydrogen) atoms. The van der Waals surface area contributed by atoms with Gasteiger partial charge in [-0.05, 0) is 16.5 Å². The minimum absolute atomic E-state index is 0. The average molecular weight is 332 g/mol. The second-order valence-electron chi connectivity index (χ2n) is 4.36. The number of tetrazole rings is 1. The third-order valence-electron chi connectivity index (χ3n) is 3.07. The van der Waals surface area contributed by atoms with Crippen molar-refractivity contribution in [2.24, 2.45) is 0 Å². The number of aromatic nitrogens is 4. The van der Waals surface area contributed by atoms with Crippen molar-refractivity contribution in [3.8, 4) is 0 Å². The first-order chi connectivity index (χ1) is 10.1. The number of nitrogens with zero attached hydrogens (tertiary/aromatic N) is 5. The minimum atomic E-state index is -1.40. The summed E-state index contributed by atoms with van der Waals surface area (Å²) in [5.41, 5.74) is -0.144. The van der Waals surface area contributed by atoms with E-state index in [9.17, 15) is 19.5 Å². The van der Waals surface area contributed by atoms with E-state index in [1.54, 1.807) is 0 Å². The summed E-state index contributed by atoms with van der Waals surface area (Å²) in [5.74, 6) is -1.85. The zero-order valence-corrected chi connectivity index (χ0v) is 14.3. The Morgan fingerprint density at radius 1 is 1.50 bits per heavy atom.